The summed E-state index contributed by atoms with van der Waals surface area (Å²) in [5.74, 6) is 0.808. The van der Waals surface area contributed by atoms with Crippen molar-refractivity contribution in [2.24, 2.45) is 11.3 Å². The molecule has 3 N–H and O–H groups in total. The van der Waals surface area contributed by atoms with E-state index in [1.807, 2.05) is 0 Å². The van der Waals surface area contributed by atoms with Crippen LogP contribution in [0.5, 0.6) is 0 Å². The molecule has 2 aliphatic rings. The second-order valence-corrected chi connectivity index (χ2v) is 8.99. The summed E-state index contributed by atoms with van der Waals surface area (Å²) in [7, 11) is 0. The van der Waals surface area contributed by atoms with Crippen LogP contribution >= 0.6 is 0 Å². The Morgan fingerprint density at radius 1 is 1.04 bits per heavy atom. The van der Waals surface area contributed by atoms with Crippen LogP contribution in [0.15, 0.2) is 0 Å². The summed E-state index contributed by atoms with van der Waals surface area (Å²) in [5, 5.41) is 17.5. The molecule has 2 saturated carbocycles. The van der Waals surface area contributed by atoms with E-state index in [9.17, 15) is 9.90 Å². The zero-order valence-electron chi connectivity index (χ0n) is 15.5. The van der Waals surface area contributed by atoms with Gasteiger partial charge in [-0.15, -0.1) is 0 Å². The fourth-order valence-electron chi connectivity index (χ4n) is 4.26. The van der Waals surface area contributed by atoms with Crippen molar-refractivity contribution in [3.05, 3.63) is 0 Å². The molecule has 134 valence electrons. The van der Waals surface area contributed by atoms with Gasteiger partial charge in [0.15, 0.2) is 0 Å². The summed E-state index contributed by atoms with van der Waals surface area (Å²) < 4.78 is 0. The first kappa shape index (κ1) is 18.7. The van der Waals surface area contributed by atoms with Gasteiger partial charge in [0.05, 0.1) is 5.60 Å². The van der Waals surface area contributed by atoms with Gasteiger partial charge in [0.2, 0.25) is 5.91 Å². The van der Waals surface area contributed by atoms with Gasteiger partial charge in [0.1, 0.15) is 0 Å². The van der Waals surface area contributed by atoms with E-state index >= 15 is 0 Å². The summed E-state index contributed by atoms with van der Waals surface area (Å²) in [6, 6.07) is 0.834. The summed E-state index contributed by atoms with van der Waals surface area (Å²) >= 11 is 0. The summed E-state index contributed by atoms with van der Waals surface area (Å²) in [4.78, 5) is 11.1. The zero-order valence-corrected chi connectivity index (χ0v) is 15.5. The summed E-state index contributed by atoms with van der Waals surface area (Å²) in [6.07, 6.45) is 8.38. The van der Waals surface area contributed by atoms with Crippen molar-refractivity contribution in [2.75, 3.05) is 6.54 Å². The molecule has 0 atom stereocenters. The van der Waals surface area contributed by atoms with Crippen LogP contribution in [0, 0.1) is 11.3 Å². The fourth-order valence-corrected chi connectivity index (χ4v) is 4.26. The van der Waals surface area contributed by atoms with Gasteiger partial charge in [-0.25, -0.2) is 0 Å². The molecule has 0 unspecified atom stereocenters. The number of hydrogen-bond acceptors (Lipinski definition) is 3. The highest BCUT2D eigenvalue weighted by Gasteiger charge is 2.37. The Hall–Kier alpha value is -0.610. The Labute approximate surface area is 141 Å². The van der Waals surface area contributed by atoms with E-state index in [0.717, 1.165) is 63.8 Å². The van der Waals surface area contributed by atoms with Gasteiger partial charge < -0.3 is 15.7 Å². The van der Waals surface area contributed by atoms with Crippen LogP contribution in [0.1, 0.15) is 79.1 Å². The Morgan fingerprint density at radius 3 is 2.04 bits per heavy atom. The van der Waals surface area contributed by atoms with E-state index in [-0.39, 0.29) is 5.91 Å². The minimum atomic E-state index is -0.518. The topological polar surface area (TPSA) is 61.4 Å². The standard InChI is InChI=1S/C19H36N2O2/c1-14(22)21-17-7-5-16(6-8-17)20-13-19(23)11-9-15(10-12-19)18(2,3)4/h15-17,20,23H,5-13H2,1-4H3,(H,21,22). The molecule has 0 aliphatic heterocycles. The first-order valence-corrected chi connectivity index (χ1v) is 9.41. The smallest absolute Gasteiger partial charge is 0.217 e. The van der Waals surface area contributed by atoms with Crippen LogP contribution in [-0.4, -0.2) is 35.2 Å². The molecule has 1 amide bonds. The van der Waals surface area contributed by atoms with Crippen LogP contribution in [0.3, 0.4) is 0 Å². The van der Waals surface area contributed by atoms with E-state index in [1.54, 1.807) is 6.92 Å². The Bertz CT molecular complexity index is 387. The number of rotatable bonds is 4. The average molecular weight is 325 g/mol. The van der Waals surface area contributed by atoms with Crippen molar-refractivity contribution in [1.82, 2.24) is 10.6 Å². The molecule has 0 aromatic heterocycles. The molecule has 0 radical (unpaired) electrons. The monoisotopic (exact) mass is 324 g/mol. The van der Waals surface area contributed by atoms with Gasteiger partial charge >= 0.3 is 0 Å². The Kier molecular flexibility index (Phi) is 6.12. The lowest BCUT2D eigenvalue weighted by molar-refractivity contribution is -0.119. The van der Waals surface area contributed by atoms with Crippen LogP contribution in [0.2, 0.25) is 0 Å². The third kappa shape index (κ3) is 5.75. The number of aliphatic hydroxyl groups is 1. The third-order valence-electron chi connectivity index (χ3n) is 6.00. The maximum Gasteiger partial charge on any atom is 0.217 e. The molecule has 0 spiro atoms. The third-order valence-corrected chi connectivity index (χ3v) is 6.00. The quantitative estimate of drug-likeness (QED) is 0.745. The molecule has 23 heavy (non-hydrogen) atoms. The lowest BCUT2D eigenvalue weighted by Crippen LogP contribution is -2.49. The highest BCUT2D eigenvalue weighted by molar-refractivity contribution is 5.73. The van der Waals surface area contributed by atoms with Crippen LogP contribution < -0.4 is 10.6 Å². The molecule has 2 fully saturated rings. The van der Waals surface area contributed by atoms with Crippen molar-refractivity contribution >= 4 is 5.91 Å². The lowest BCUT2D eigenvalue weighted by atomic mass is 9.68. The van der Waals surface area contributed by atoms with Gasteiger partial charge in [-0.05, 0) is 62.7 Å². The van der Waals surface area contributed by atoms with E-state index in [4.69, 9.17) is 0 Å². The fraction of sp³-hybridized carbons (Fsp3) is 0.947. The average Bonchev–Trinajstić information content (AvgIpc) is 2.45. The predicted molar refractivity (Wildman–Crippen MR) is 94.2 cm³/mol. The lowest BCUT2D eigenvalue weighted by Gasteiger charge is -2.42. The molecule has 0 bridgehead atoms. The van der Waals surface area contributed by atoms with Crippen LogP contribution in [0.4, 0.5) is 0 Å². The first-order valence-electron chi connectivity index (χ1n) is 9.41. The highest BCUT2D eigenvalue weighted by Crippen LogP contribution is 2.41. The SMILES string of the molecule is CC(=O)NC1CCC(NCC2(O)CCC(C(C)(C)C)CC2)CC1. The molecule has 0 heterocycles. The second-order valence-electron chi connectivity index (χ2n) is 8.99. The minimum Gasteiger partial charge on any atom is -0.389 e. The predicted octanol–water partition coefficient (Wildman–Crippen LogP) is 2.99. The van der Waals surface area contributed by atoms with Crippen molar-refractivity contribution in [3.8, 4) is 0 Å². The van der Waals surface area contributed by atoms with Gasteiger partial charge in [0.25, 0.3) is 0 Å². The van der Waals surface area contributed by atoms with E-state index in [1.165, 1.54) is 0 Å². The molecular formula is C19H36N2O2. The minimum absolute atomic E-state index is 0.0753. The number of nitrogens with one attached hydrogen (secondary N) is 2. The van der Waals surface area contributed by atoms with Gasteiger partial charge in [-0.3, -0.25) is 4.79 Å². The van der Waals surface area contributed by atoms with Crippen LogP contribution in [-0.2, 0) is 4.79 Å². The van der Waals surface area contributed by atoms with Crippen molar-refractivity contribution in [1.29, 1.82) is 0 Å². The number of amides is 1. The maximum atomic E-state index is 11.1. The largest absolute Gasteiger partial charge is 0.389 e. The molecule has 0 aromatic rings. The molecular weight excluding hydrogens is 288 g/mol. The first-order chi connectivity index (χ1) is 10.7. The summed E-state index contributed by atoms with van der Waals surface area (Å²) in [5.41, 5.74) is -0.160. The summed E-state index contributed by atoms with van der Waals surface area (Å²) in [6.45, 7) is 9.25. The molecule has 2 aliphatic carbocycles. The second kappa shape index (κ2) is 7.52. The normalized spacial score (nSPS) is 35.8. The maximum absolute atomic E-state index is 11.1. The van der Waals surface area contributed by atoms with Crippen LogP contribution in [0.25, 0.3) is 0 Å². The van der Waals surface area contributed by atoms with Crippen molar-refractivity contribution < 1.29 is 9.90 Å². The van der Waals surface area contributed by atoms with E-state index in [2.05, 4.69) is 31.4 Å². The van der Waals surface area contributed by atoms with E-state index < -0.39 is 5.60 Å². The Morgan fingerprint density at radius 2 is 1.57 bits per heavy atom. The molecule has 0 aromatic carbocycles. The number of carbonyl (C=O) groups is 1. The van der Waals surface area contributed by atoms with Gasteiger partial charge in [-0.1, -0.05) is 20.8 Å². The van der Waals surface area contributed by atoms with Gasteiger partial charge in [0, 0.05) is 25.6 Å². The zero-order chi connectivity index (χ0) is 17.1. The molecule has 2 rings (SSSR count). The molecule has 4 nitrogen and oxygen atoms in total. The number of hydrogen-bond donors (Lipinski definition) is 3. The van der Waals surface area contributed by atoms with Crippen molar-refractivity contribution in [3.63, 3.8) is 0 Å². The van der Waals surface area contributed by atoms with E-state index in [0.29, 0.717) is 17.5 Å². The molecule has 0 saturated heterocycles. The number of carbonyl (C=O) groups excluding carboxylic acids is 1. The van der Waals surface area contributed by atoms with Crippen molar-refractivity contribution in [2.45, 2.75) is 96.7 Å². The molecule has 4 heteroatoms. The van der Waals surface area contributed by atoms with Gasteiger partial charge in [-0.2, -0.15) is 0 Å². The highest BCUT2D eigenvalue weighted by atomic mass is 16.3. The Balaban J connectivity index is 1.69.